The first-order valence-electron chi connectivity index (χ1n) is 7.23. The second kappa shape index (κ2) is 6.88. The van der Waals surface area contributed by atoms with Crippen molar-refractivity contribution in [2.24, 2.45) is 11.8 Å². The lowest BCUT2D eigenvalue weighted by Gasteiger charge is -2.31. The summed E-state index contributed by atoms with van der Waals surface area (Å²) in [6, 6.07) is 0. The molecule has 0 spiro atoms. The minimum atomic E-state index is 0.0709. The van der Waals surface area contributed by atoms with E-state index in [9.17, 15) is 9.59 Å². The molecule has 2 fully saturated rings. The third kappa shape index (κ3) is 3.80. The van der Waals surface area contributed by atoms with E-state index in [4.69, 9.17) is 0 Å². The van der Waals surface area contributed by atoms with Gasteiger partial charge in [0.2, 0.25) is 5.91 Å². The van der Waals surface area contributed by atoms with Gasteiger partial charge in [0.05, 0.1) is 0 Å². The van der Waals surface area contributed by atoms with Crippen LogP contribution in [0.25, 0.3) is 0 Å². The molecule has 4 heteroatoms. The molecule has 2 rings (SSSR count). The lowest BCUT2D eigenvalue weighted by atomic mass is 9.92. The molecule has 2 aliphatic heterocycles. The van der Waals surface area contributed by atoms with Crippen molar-refractivity contribution in [1.82, 2.24) is 10.2 Å². The van der Waals surface area contributed by atoms with Crippen molar-refractivity contribution in [3.05, 3.63) is 0 Å². The highest BCUT2D eigenvalue weighted by molar-refractivity contribution is 5.76. The predicted octanol–water partition coefficient (Wildman–Crippen LogP) is 1.20. The molecule has 102 valence electrons. The Balaban J connectivity index is 1.71. The highest BCUT2D eigenvalue weighted by Crippen LogP contribution is 2.20. The molecule has 0 radical (unpaired) electrons. The second-order valence-corrected chi connectivity index (χ2v) is 5.61. The zero-order valence-electron chi connectivity index (χ0n) is 11.1. The van der Waals surface area contributed by atoms with E-state index in [1.54, 1.807) is 0 Å². The van der Waals surface area contributed by atoms with Crippen LogP contribution in [0.2, 0.25) is 0 Å². The van der Waals surface area contributed by atoms with Gasteiger partial charge in [0.25, 0.3) is 0 Å². The Morgan fingerprint density at radius 2 is 2.06 bits per heavy atom. The zero-order valence-corrected chi connectivity index (χ0v) is 11.1. The lowest BCUT2D eigenvalue weighted by molar-refractivity contribution is -0.134. The molecule has 1 atom stereocenters. The quantitative estimate of drug-likeness (QED) is 0.765. The molecule has 2 aliphatic rings. The molecule has 0 saturated carbocycles. The minimum absolute atomic E-state index is 0.0709. The summed E-state index contributed by atoms with van der Waals surface area (Å²) in [6.07, 6.45) is 7.00. The van der Waals surface area contributed by atoms with Gasteiger partial charge in [-0.2, -0.15) is 0 Å². The van der Waals surface area contributed by atoms with Crippen molar-refractivity contribution >= 4 is 12.2 Å². The number of amides is 1. The summed E-state index contributed by atoms with van der Waals surface area (Å²) >= 11 is 0. The van der Waals surface area contributed by atoms with Gasteiger partial charge >= 0.3 is 0 Å². The van der Waals surface area contributed by atoms with Gasteiger partial charge in [-0.3, -0.25) is 4.79 Å². The van der Waals surface area contributed by atoms with Gasteiger partial charge in [0.1, 0.15) is 6.29 Å². The molecular formula is C14H24N2O2. The van der Waals surface area contributed by atoms with Gasteiger partial charge in [0.15, 0.2) is 0 Å². The molecule has 1 amide bonds. The third-order valence-electron chi connectivity index (χ3n) is 4.23. The molecule has 2 saturated heterocycles. The number of nitrogens with zero attached hydrogens (tertiary/aromatic N) is 1. The number of carbonyl (C=O) groups is 2. The summed E-state index contributed by atoms with van der Waals surface area (Å²) in [5, 5.41) is 3.34. The van der Waals surface area contributed by atoms with E-state index in [0.717, 1.165) is 45.2 Å². The van der Waals surface area contributed by atoms with E-state index in [1.165, 1.54) is 12.8 Å². The van der Waals surface area contributed by atoms with Crippen LogP contribution in [-0.4, -0.2) is 43.3 Å². The maximum absolute atomic E-state index is 12.1. The van der Waals surface area contributed by atoms with Crippen molar-refractivity contribution < 1.29 is 9.59 Å². The highest BCUT2D eigenvalue weighted by atomic mass is 16.2. The predicted molar refractivity (Wildman–Crippen MR) is 70.2 cm³/mol. The van der Waals surface area contributed by atoms with E-state index >= 15 is 0 Å². The van der Waals surface area contributed by atoms with Crippen molar-refractivity contribution in [2.45, 2.75) is 38.5 Å². The van der Waals surface area contributed by atoms with Crippen LogP contribution in [0.5, 0.6) is 0 Å². The van der Waals surface area contributed by atoms with Crippen LogP contribution in [0.3, 0.4) is 0 Å². The van der Waals surface area contributed by atoms with Gasteiger partial charge < -0.3 is 15.0 Å². The first-order valence-corrected chi connectivity index (χ1v) is 7.23. The number of nitrogens with one attached hydrogen (secondary N) is 1. The fourth-order valence-corrected chi connectivity index (χ4v) is 3.00. The van der Waals surface area contributed by atoms with Gasteiger partial charge in [-0.25, -0.2) is 0 Å². The molecule has 0 aromatic heterocycles. The monoisotopic (exact) mass is 252 g/mol. The van der Waals surface area contributed by atoms with Crippen molar-refractivity contribution in [2.75, 3.05) is 26.2 Å². The third-order valence-corrected chi connectivity index (χ3v) is 4.23. The molecule has 0 aromatic rings. The van der Waals surface area contributed by atoms with Gasteiger partial charge in [0, 0.05) is 25.4 Å². The molecule has 2 heterocycles. The summed E-state index contributed by atoms with van der Waals surface area (Å²) < 4.78 is 0. The number of hydrogen-bond acceptors (Lipinski definition) is 3. The van der Waals surface area contributed by atoms with E-state index in [1.807, 2.05) is 4.90 Å². The zero-order chi connectivity index (χ0) is 12.8. The maximum atomic E-state index is 12.1. The molecule has 0 aliphatic carbocycles. The van der Waals surface area contributed by atoms with Gasteiger partial charge in [-0.05, 0) is 51.1 Å². The van der Waals surface area contributed by atoms with E-state index in [0.29, 0.717) is 18.9 Å². The average molecular weight is 252 g/mol. The Labute approximate surface area is 109 Å². The summed E-state index contributed by atoms with van der Waals surface area (Å²) in [5.74, 6) is 1.03. The van der Waals surface area contributed by atoms with E-state index in [-0.39, 0.29) is 11.8 Å². The standard InChI is InChI=1S/C14H24N2O2/c17-11-13-2-1-9-16(10-13)14(18)4-3-12-5-7-15-8-6-12/h11-13,15H,1-10H2/t13-/m1/s1. The number of likely N-dealkylation sites (tertiary alicyclic amines) is 1. The fourth-order valence-electron chi connectivity index (χ4n) is 3.00. The normalized spacial score (nSPS) is 26.0. The van der Waals surface area contributed by atoms with Gasteiger partial charge in [-0.1, -0.05) is 0 Å². The van der Waals surface area contributed by atoms with Crippen molar-refractivity contribution in [3.63, 3.8) is 0 Å². The molecule has 0 aromatic carbocycles. The number of hydrogen-bond donors (Lipinski definition) is 1. The van der Waals surface area contributed by atoms with Crippen LogP contribution in [0.4, 0.5) is 0 Å². The number of piperidine rings is 2. The fraction of sp³-hybridized carbons (Fsp3) is 0.857. The molecule has 18 heavy (non-hydrogen) atoms. The smallest absolute Gasteiger partial charge is 0.222 e. The first-order chi connectivity index (χ1) is 8.79. The largest absolute Gasteiger partial charge is 0.342 e. The van der Waals surface area contributed by atoms with Crippen molar-refractivity contribution in [1.29, 1.82) is 0 Å². The summed E-state index contributed by atoms with van der Waals surface area (Å²) in [5.41, 5.74) is 0. The Morgan fingerprint density at radius 1 is 1.28 bits per heavy atom. The Hall–Kier alpha value is -0.900. The Bertz CT molecular complexity index is 288. The van der Waals surface area contributed by atoms with E-state index in [2.05, 4.69) is 5.32 Å². The number of carbonyl (C=O) groups excluding carboxylic acids is 2. The summed E-state index contributed by atoms with van der Waals surface area (Å²) in [4.78, 5) is 24.8. The summed E-state index contributed by atoms with van der Waals surface area (Å²) in [7, 11) is 0. The number of rotatable bonds is 4. The second-order valence-electron chi connectivity index (χ2n) is 5.61. The molecule has 0 unspecified atom stereocenters. The van der Waals surface area contributed by atoms with Crippen LogP contribution >= 0.6 is 0 Å². The minimum Gasteiger partial charge on any atom is -0.342 e. The van der Waals surface area contributed by atoms with Crippen LogP contribution in [0.15, 0.2) is 0 Å². The highest BCUT2D eigenvalue weighted by Gasteiger charge is 2.23. The first kappa shape index (κ1) is 13.5. The SMILES string of the molecule is O=C[C@@H]1CCCN(C(=O)CCC2CCNCC2)C1. The van der Waals surface area contributed by atoms with Crippen molar-refractivity contribution in [3.8, 4) is 0 Å². The maximum Gasteiger partial charge on any atom is 0.222 e. The number of aldehydes is 1. The molecule has 1 N–H and O–H groups in total. The summed E-state index contributed by atoms with van der Waals surface area (Å²) in [6.45, 7) is 3.68. The van der Waals surface area contributed by atoms with Crippen LogP contribution in [-0.2, 0) is 9.59 Å². The van der Waals surface area contributed by atoms with Crippen LogP contribution < -0.4 is 5.32 Å². The Kier molecular flexibility index (Phi) is 5.17. The van der Waals surface area contributed by atoms with Crippen LogP contribution in [0, 0.1) is 11.8 Å². The molecule has 0 bridgehead atoms. The van der Waals surface area contributed by atoms with Crippen LogP contribution in [0.1, 0.15) is 38.5 Å². The van der Waals surface area contributed by atoms with E-state index < -0.39 is 0 Å². The lowest BCUT2D eigenvalue weighted by Crippen LogP contribution is -2.40. The van der Waals surface area contributed by atoms with Gasteiger partial charge in [-0.15, -0.1) is 0 Å². The Morgan fingerprint density at radius 3 is 2.78 bits per heavy atom. The average Bonchev–Trinajstić information content (AvgIpc) is 2.46. The molecule has 4 nitrogen and oxygen atoms in total. The topological polar surface area (TPSA) is 49.4 Å². The molecular weight excluding hydrogens is 228 g/mol.